The van der Waals surface area contributed by atoms with Crippen LogP contribution < -0.4 is 14.8 Å². The first-order valence-electron chi connectivity index (χ1n) is 9.01. The van der Waals surface area contributed by atoms with Crippen LogP contribution in [0.1, 0.15) is 24.1 Å². The van der Waals surface area contributed by atoms with E-state index in [-0.39, 0.29) is 25.0 Å². The standard InChI is InChI=1S/C20H24N2O5S/c1-15(17-8-9-18-19(12-17)27-11-10-26-18)21-20(23)14-22(28(2,24)25)13-16-6-4-3-5-7-16/h3-9,12,15H,10-11,13-14H2,1-2H3,(H,21,23)/t15-/m1/s1. The largest absolute Gasteiger partial charge is 0.486 e. The Hall–Kier alpha value is -2.58. The lowest BCUT2D eigenvalue weighted by Gasteiger charge is -2.23. The Balaban J connectivity index is 1.65. The second-order valence-electron chi connectivity index (χ2n) is 6.71. The third kappa shape index (κ3) is 5.24. The van der Waals surface area contributed by atoms with E-state index in [2.05, 4.69) is 5.32 Å². The number of hydrogen-bond donors (Lipinski definition) is 1. The van der Waals surface area contributed by atoms with E-state index in [1.54, 1.807) is 0 Å². The lowest BCUT2D eigenvalue weighted by molar-refractivity contribution is -0.122. The van der Waals surface area contributed by atoms with Gasteiger partial charge in [0.25, 0.3) is 0 Å². The first-order chi connectivity index (χ1) is 13.3. The summed E-state index contributed by atoms with van der Waals surface area (Å²) < 4.78 is 36.4. The Bertz CT molecular complexity index is 931. The number of sulfonamides is 1. The smallest absolute Gasteiger partial charge is 0.235 e. The fourth-order valence-corrected chi connectivity index (χ4v) is 3.67. The van der Waals surface area contributed by atoms with Gasteiger partial charge >= 0.3 is 0 Å². The van der Waals surface area contributed by atoms with Gasteiger partial charge in [0.2, 0.25) is 15.9 Å². The number of amides is 1. The number of ether oxygens (including phenoxy) is 2. The van der Waals surface area contributed by atoms with Crippen molar-refractivity contribution >= 4 is 15.9 Å². The number of carbonyl (C=O) groups is 1. The molecule has 0 unspecified atom stereocenters. The zero-order valence-electron chi connectivity index (χ0n) is 15.9. The van der Waals surface area contributed by atoms with Crippen LogP contribution in [0.4, 0.5) is 0 Å². The zero-order chi connectivity index (χ0) is 20.1. The van der Waals surface area contributed by atoms with Gasteiger partial charge in [-0.15, -0.1) is 0 Å². The van der Waals surface area contributed by atoms with Crippen molar-refractivity contribution in [3.63, 3.8) is 0 Å². The monoisotopic (exact) mass is 404 g/mol. The van der Waals surface area contributed by atoms with E-state index in [1.807, 2.05) is 55.5 Å². The van der Waals surface area contributed by atoms with Gasteiger partial charge in [-0.1, -0.05) is 36.4 Å². The maximum atomic E-state index is 12.5. The molecule has 1 amide bonds. The summed E-state index contributed by atoms with van der Waals surface area (Å²) in [6.45, 7) is 2.74. The molecule has 0 saturated carbocycles. The van der Waals surface area contributed by atoms with Gasteiger partial charge in [0, 0.05) is 6.54 Å². The van der Waals surface area contributed by atoms with Crippen molar-refractivity contribution in [3.8, 4) is 11.5 Å². The minimum atomic E-state index is -3.53. The lowest BCUT2D eigenvalue weighted by atomic mass is 10.1. The molecule has 1 N–H and O–H groups in total. The summed E-state index contributed by atoms with van der Waals surface area (Å²) in [6.07, 6.45) is 1.10. The highest BCUT2D eigenvalue weighted by molar-refractivity contribution is 7.88. The molecule has 2 aromatic carbocycles. The highest BCUT2D eigenvalue weighted by Gasteiger charge is 2.22. The maximum absolute atomic E-state index is 12.5. The Kier molecular flexibility index (Phi) is 6.21. The van der Waals surface area contributed by atoms with Gasteiger partial charge in [-0.3, -0.25) is 4.79 Å². The quantitative estimate of drug-likeness (QED) is 0.764. The van der Waals surface area contributed by atoms with E-state index < -0.39 is 10.0 Å². The molecule has 0 aromatic heterocycles. The van der Waals surface area contributed by atoms with Gasteiger partial charge < -0.3 is 14.8 Å². The van der Waals surface area contributed by atoms with Crippen LogP contribution >= 0.6 is 0 Å². The van der Waals surface area contributed by atoms with Crippen LogP contribution in [0.5, 0.6) is 11.5 Å². The van der Waals surface area contributed by atoms with Crippen LogP contribution in [0.25, 0.3) is 0 Å². The van der Waals surface area contributed by atoms with Gasteiger partial charge in [0.15, 0.2) is 11.5 Å². The van der Waals surface area contributed by atoms with Crippen LogP contribution in [0.15, 0.2) is 48.5 Å². The van der Waals surface area contributed by atoms with E-state index in [4.69, 9.17) is 9.47 Å². The van der Waals surface area contributed by atoms with Crippen LogP contribution in [0, 0.1) is 0 Å². The molecule has 2 aromatic rings. The number of nitrogens with zero attached hydrogens (tertiary/aromatic N) is 1. The predicted octanol–water partition coefficient (Wildman–Crippen LogP) is 2.10. The van der Waals surface area contributed by atoms with E-state index >= 15 is 0 Å². The number of fused-ring (bicyclic) bond motifs is 1. The minimum absolute atomic E-state index is 0.144. The Labute approximate surface area is 165 Å². The molecule has 1 heterocycles. The summed E-state index contributed by atoms with van der Waals surface area (Å²) >= 11 is 0. The summed E-state index contributed by atoms with van der Waals surface area (Å²) in [5.74, 6) is 0.954. The Morgan fingerprint density at radius 1 is 1.11 bits per heavy atom. The second kappa shape index (κ2) is 8.62. The minimum Gasteiger partial charge on any atom is -0.486 e. The van der Waals surface area contributed by atoms with Crippen molar-refractivity contribution in [2.75, 3.05) is 26.0 Å². The predicted molar refractivity (Wildman–Crippen MR) is 106 cm³/mol. The van der Waals surface area contributed by atoms with Crippen LogP contribution in [-0.2, 0) is 21.4 Å². The fourth-order valence-electron chi connectivity index (χ4n) is 2.94. The molecule has 28 heavy (non-hydrogen) atoms. The number of rotatable bonds is 7. The molecule has 0 aliphatic carbocycles. The normalized spacial score (nSPS) is 14.5. The third-order valence-corrected chi connectivity index (χ3v) is 5.63. The number of hydrogen-bond acceptors (Lipinski definition) is 5. The van der Waals surface area contributed by atoms with Crippen LogP contribution in [0.3, 0.4) is 0 Å². The SMILES string of the molecule is C[C@@H](NC(=O)CN(Cc1ccccc1)S(C)(=O)=O)c1ccc2c(c1)OCCO2. The van der Waals surface area contributed by atoms with Gasteiger partial charge in [-0.2, -0.15) is 4.31 Å². The second-order valence-corrected chi connectivity index (χ2v) is 8.69. The van der Waals surface area contributed by atoms with E-state index in [9.17, 15) is 13.2 Å². The molecule has 1 aliphatic heterocycles. The lowest BCUT2D eigenvalue weighted by Crippen LogP contribution is -2.40. The van der Waals surface area contributed by atoms with E-state index in [1.165, 1.54) is 0 Å². The number of carbonyl (C=O) groups excluding carboxylic acids is 1. The van der Waals surface area contributed by atoms with E-state index in [0.29, 0.717) is 24.7 Å². The molecule has 8 heteroatoms. The fraction of sp³-hybridized carbons (Fsp3) is 0.350. The number of nitrogens with one attached hydrogen (secondary N) is 1. The molecule has 150 valence electrons. The number of benzene rings is 2. The molecular formula is C20H24N2O5S. The van der Waals surface area contributed by atoms with Crippen LogP contribution in [0.2, 0.25) is 0 Å². The molecule has 7 nitrogen and oxygen atoms in total. The third-order valence-electron chi connectivity index (χ3n) is 4.43. The van der Waals surface area contributed by atoms with E-state index in [0.717, 1.165) is 21.7 Å². The molecule has 1 atom stereocenters. The molecule has 1 aliphatic rings. The average molecular weight is 404 g/mol. The molecule has 0 radical (unpaired) electrons. The van der Waals surface area contributed by atoms with Gasteiger partial charge in [-0.25, -0.2) is 8.42 Å². The van der Waals surface area contributed by atoms with Crippen molar-refractivity contribution in [1.82, 2.24) is 9.62 Å². The highest BCUT2D eigenvalue weighted by Crippen LogP contribution is 2.32. The zero-order valence-corrected chi connectivity index (χ0v) is 16.7. The molecule has 3 rings (SSSR count). The van der Waals surface area contributed by atoms with Gasteiger partial charge in [0.1, 0.15) is 13.2 Å². The summed E-state index contributed by atoms with van der Waals surface area (Å²) in [5.41, 5.74) is 1.67. The van der Waals surface area contributed by atoms with Crippen molar-refractivity contribution in [3.05, 3.63) is 59.7 Å². The molecular weight excluding hydrogens is 380 g/mol. The first-order valence-corrected chi connectivity index (χ1v) is 10.9. The summed E-state index contributed by atoms with van der Waals surface area (Å²) in [4.78, 5) is 12.5. The molecule has 0 bridgehead atoms. The summed E-state index contributed by atoms with van der Waals surface area (Å²) in [6, 6.07) is 14.4. The van der Waals surface area contributed by atoms with Gasteiger partial charge in [-0.05, 0) is 30.2 Å². The molecule has 0 spiro atoms. The molecule has 0 fully saturated rings. The van der Waals surface area contributed by atoms with Crippen molar-refractivity contribution in [2.45, 2.75) is 19.5 Å². The average Bonchev–Trinajstić information content (AvgIpc) is 2.67. The molecule has 0 saturated heterocycles. The highest BCUT2D eigenvalue weighted by atomic mass is 32.2. The first kappa shape index (κ1) is 20.2. The summed E-state index contributed by atoms with van der Waals surface area (Å²) in [7, 11) is -3.53. The Morgan fingerprint density at radius 3 is 2.46 bits per heavy atom. The maximum Gasteiger partial charge on any atom is 0.235 e. The van der Waals surface area contributed by atoms with Crippen molar-refractivity contribution < 1.29 is 22.7 Å². The van der Waals surface area contributed by atoms with Gasteiger partial charge in [0.05, 0.1) is 18.8 Å². The van der Waals surface area contributed by atoms with Crippen LogP contribution in [-0.4, -0.2) is 44.6 Å². The summed E-state index contributed by atoms with van der Waals surface area (Å²) in [5, 5.41) is 2.85. The topological polar surface area (TPSA) is 84.9 Å². The Morgan fingerprint density at radius 2 is 1.79 bits per heavy atom. The van der Waals surface area contributed by atoms with Crippen molar-refractivity contribution in [2.24, 2.45) is 0 Å². The van der Waals surface area contributed by atoms with Crippen molar-refractivity contribution in [1.29, 1.82) is 0 Å².